The number of hydrogen-bond acceptors (Lipinski definition) is 3. The molecule has 7 heteroatoms. The third-order valence-corrected chi connectivity index (χ3v) is 8.43. The van der Waals surface area contributed by atoms with E-state index in [1.165, 1.54) is 24.2 Å². The lowest BCUT2D eigenvalue weighted by Gasteiger charge is -2.25. The largest absolute Gasteiger partial charge is 0.340 e. The van der Waals surface area contributed by atoms with Gasteiger partial charge in [-0.15, -0.1) is 0 Å². The monoisotopic (exact) mass is 512 g/mol. The summed E-state index contributed by atoms with van der Waals surface area (Å²) in [6.45, 7) is 3.17. The second-order valence-corrected chi connectivity index (χ2v) is 11.0. The molecule has 4 nitrogen and oxygen atoms in total. The van der Waals surface area contributed by atoms with E-state index in [1.807, 2.05) is 37.3 Å². The van der Waals surface area contributed by atoms with Crippen molar-refractivity contribution in [2.45, 2.75) is 45.6 Å². The molecule has 1 aromatic heterocycles. The average Bonchev–Trinajstić information content (AvgIpc) is 3.24. The van der Waals surface area contributed by atoms with Crippen LogP contribution in [0.5, 0.6) is 0 Å². The summed E-state index contributed by atoms with van der Waals surface area (Å²) in [6.07, 6.45) is 7.72. The summed E-state index contributed by atoms with van der Waals surface area (Å²) in [7, 11) is 0. The van der Waals surface area contributed by atoms with Gasteiger partial charge < -0.3 is 4.57 Å². The standard InChI is InChI=1S/C27H26Cl2N2O2S/c1-17-22(14-25-26(32)31(27(33)34-25)15-18-7-3-2-4-8-18)21-9-5-6-10-24(21)30(17)16-19-11-12-20(28)13-23(19)29/h5-6,9-14,18H,2-4,7-8,15-16H2,1H3/b25-14+. The first-order valence-electron chi connectivity index (χ1n) is 11.7. The predicted molar refractivity (Wildman–Crippen MR) is 141 cm³/mol. The Morgan fingerprint density at radius 3 is 2.59 bits per heavy atom. The van der Waals surface area contributed by atoms with Gasteiger partial charge in [0.15, 0.2) is 0 Å². The highest BCUT2D eigenvalue weighted by Gasteiger charge is 2.36. The van der Waals surface area contributed by atoms with Crippen LogP contribution < -0.4 is 0 Å². The predicted octanol–water partition coefficient (Wildman–Crippen LogP) is 7.92. The van der Waals surface area contributed by atoms with E-state index in [2.05, 4.69) is 16.7 Å². The average molecular weight is 513 g/mol. The van der Waals surface area contributed by atoms with Gasteiger partial charge in [-0.1, -0.05) is 66.7 Å². The van der Waals surface area contributed by atoms with Crippen molar-refractivity contribution in [2.24, 2.45) is 5.92 Å². The number of fused-ring (bicyclic) bond motifs is 1. The molecule has 0 bridgehead atoms. The minimum atomic E-state index is -0.169. The molecule has 0 N–H and O–H groups in total. The van der Waals surface area contributed by atoms with E-state index in [-0.39, 0.29) is 11.1 Å². The molecule has 1 saturated carbocycles. The van der Waals surface area contributed by atoms with Crippen LogP contribution in [0.2, 0.25) is 10.0 Å². The van der Waals surface area contributed by atoms with Gasteiger partial charge in [-0.25, -0.2) is 0 Å². The minimum absolute atomic E-state index is 0.156. The van der Waals surface area contributed by atoms with Gasteiger partial charge in [-0.3, -0.25) is 14.5 Å². The molecule has 176 valence electrons. The quantitative estimate of drug-likeness (QED) is 0.326. The second kappa shape index (κ2) is 9.80. The Labute approximate surface area is 213 Å². The molecule has 1 saturated heterocycles. The smallest absolute Gasteiger partial charge is 0.293 e. The molecule has 5 rings (SSSR count). The number of halogens is 2. The number of benzene rings is 2. The van der Waals surface area contributed by atoms with Crippen molar-refractivity contribution in [1.82, 2.24) is 9.47 Å². The number of nitrogens with zero attached hydrogens (tertiary/aromatic N) is 2. The summed E-state index contributed by atoms with van der Waals surface area (Å²) in [5.41, 5.74) is 4.00. The molecular formula is C27H26Cl2N2O2S. The lowest BCUT2D eigenvalue weighted by molar-refractivity contribution is -0.123. The first-order valence-corrected chi connectivity index (χ1v) is 13.3. The van der Waals surface area contributed by atoms with E-state index in [9.17, 15) is 9.59 Å². The number of carbonyl (C=O) groups is 2. The molecule has 2 fully saturated rings. The zero-order chi connectivity index (χ0) is 23.8. The Balaban J connectivity index is 1.48. The Morgan fingerprint density at radius 2 is 1.82 bits per heavy atom. The molecule has 0 unspecified atom stereocenters. The van der Waals surface area contributed by atoms with Gasteiger partial charge in [0, 0.05) is 45.3 Å². The fraction of sp³-hybridized carbons (Fsp3) is 0.333. The Bertz CT molecular complexity index is 1310. The minimum Gasteiger partial charge on any atom is -0.340 e. The van der Waals surface area contributed by atoms with E-state index in [1.54, 1.807) is 6.07 Å². The SMILES string of the molecule is Cc1c(/C=C2/SC(=O)N(CC3CCCCC3)C2=O)c2ccccc2n1Cc1ccc(Cl)cc1Cl. The molecule has 34 heavy (non-hydrogen) atoms. The topological polar surface area (TPSA) is 42.3 Å². The third-order valence-electron chi connectivity index (χ3n) is 6.94. The van der Waals surface area contributed by atoms with Crippen molar-refractivity contribution in [1.29, 1.82) is 0 Å². The van der Waals surface area contributed by atoms with Crippen LogP contribution >= 0.6 is 35.0 Å². The summed E-state index contributed by atoms with van der Waals surface area (Å²) in [5, 5.41) is 2.11. The van der Waals surface area contributed by atoms with Crippen molar-refractivity contribution >= 4 is 63.1 Å². The Hall–Kier alpha value is -2.21. The fourth-order valence-electron chi connectivity index (χ4n) is 5.08. The van der Waals surface area contributed by atoms with Crippen molar-refractivity contribution in [3.63, 3.8) is 0 Å². The maximum Gasteiger partial charge on any atom is 0.293 e. The van der Waals surface area contributed by atoms with Crippen LogP contribution in [-0.4, -0.2) is 27.2 Å². The second-order valence-electron chi connectivity index (χ2n) is 9.13. The molecule has 2 amide bonds. The van der Waals surface area contributed by atoms with Crippen molar-refractivity contribution in [3.05, 3.63) is 74.2 Å². The lowest BCUT2D eigenvalue weighted by atomic mass is 9.89. The number of carbonyl (C=O) groups excluding carboxylic acids is 2. The molecule has 1 aliphatic heterocycles. The number of thioether (sulfide) groups is 1. The number of aromatic nitrogens is 1. The Kier molecular flexibility index (Phi) is 6.79. The summed E-state index contributed by atoms with van der Waals surface area (Å²) < 4.78 is 2.20. The zero-order valence-electron chi connectivity index (χ0n) is 19.0. The van der Waals surface area contributed by atoms with Crippen LogP contribution in [0.4, 0.5) is 4.79 Å². The van der Waals surface area contributed by atoms with E-state index < -0.39 is 0 Å². The number of hydrogen-bond donors (Lipinski definition) is 0. The molecule has 2 aliphatic rings. The number of para-hydroxylation sites is 1. The van der Waals surface area contributed by atoms with Gasteiger partial charge in [-0.05, 0) is 67.3 Å². The Morgan fingerprint density at radius 1 is 1.06 bits per heavy atom. The lowest BCUT2D eigenvalue weighted by Crippen LogP contribution is -2.34. The van der Waals surface area contributed by atoms with Gasteiger partial charge in [0.25, 0.3) is 11.1 Å². The molecule has 2 heterocycles. The van der Waals surface area contributed by atoms with Crippen molar-refractivity contribution < 1.29 is 9.59 Å². The van der Waals surface area contributed by atoms with Gasteiger partial charge >= 0.3 is 0 Å². The third kappa shape index (κ3) is 4.53. The molecule has 1 aliphatic carbocycles. The summed E-state index contributed by atoms with van der Waals surface area (Å²) >= 11 is 13.6. The van der Waals surface area contributed by atoms with E-state index in [4.69, 9.17) is 23.2 Å². The molecule has 3 aromatic rings. The number of amides is 2. The highest BCUT2D eigenvalue weighted by Crippen LogP contribution is 2.37. The highest BCUT2D eigenvalue weighted by atomic mass is 35.5. The van der Waals surface area contributed by atoms with Crippen molar-refractivity contribution in [3.8, 4) is 0 Å². The van der Waals surface area contributed by atoms with Gasteiger partial charge in [0.2, 0.25) is 0 Å². The first kappa shape index (κ1) is 23.5. The van der Waals surface area contributed by atoms with Gasteiger partial charge in [0.05, 0.1) is 4.91 Å². The van der Waals surface area contributed by atoms with Crippen LogP contribution in [-0.2, 0) is 11.3 Å². The number of imide groups is 1. The maximum absolute atomic E-state index is 13.2. The first-order chi connectivity index (χ1) is 16.4. The van der Waals surface area contributed by atoms with Crippen LogP contribution in [0.25, 0.3) is 17.0 Å². The fourth-order valence-corrected chi connectivity index (χ4v) is 6.38. The molecule has 0 atom stereocenters. The number of rotatable bonds is 5. The highest BCUT2D eigenvalue weighted by molar-refractivity contribution is 8.18. The van der Waals surface area contributed by atoms with Gasteiger partial charge in [0.1, 0.15) is 0 Å². The summed E-state index contributed by atoms with van der Waals surface area (Å²) in [4.78, 5) is 27.9. The molecule has 2 aromatic carbocycles. The van der Waals surface area contributed by atoms with E-state index in [0.29, 0.717) is 34.0 Å². The summed E-state index contributed by atoms with van der Waals surface area (Å²) in [6, 6.07) is 13.7. The van der Waals surface area contributed by atoms with E-state index in [0.717, 1.165) is 52.3 Å². The normalized spacial score (nSPS) is 18.6. The van der Waals surface area contributed by atoms with Gasteiger partial charge in [-0.2, -0.15) is 0 Å². The van der Waals surface area contributed by atoms with Crippen LogP contribution in [0, 0.1) is 12.8 Å². The zero-order valence-corrected chi connectivity index (χ0v) is 21.3. The summed E-state index contributed by atoms with van der Waals surface area (Å²) in [5.74, 6) is 0.256. The van der Waals surface area contributed by atoms with Crippen LogP contribution in [0.3, 0.4) is 0 Å². The molecule has 0 spiro atoms. The molecule has 0 radical (unpaired) electrons. The van der Waals surface area contributed by atoms with Crippen molar-refractivity contribution in [2.75, 3.05) is 6.54 Å². The van der Waals surface area contributed by atoms with Crippen LogP contribution in [0.15, 0.2) is 47.4 Å². The van der Waals surface area contributed by atoms with E-state index >= 15 is 0 Å². The van der Waals surface area contributed by atoms with Crippen LogP contribution in [0.1, 0.15) is 48.9 Å². The maximum atomic E-state index is 13.2. The molecular weight excluding hydrogens is 487 g/mol.